The summed E-state index contributed by atoms with van der Waals surface area (Å²) in [6.45, 7) is 2.38. The Kier molecular flexibility index (Phi) is 2.81. The van der Waals surface area contributed by atoms with Crippen molar-refractivity contribution in [2.45, 2.75) is 25.8 Å². The molecule has 0 saturated heterocycles. The molecule has 1 fully saturated rings. The first-order valence-corrected chi connectivity index (χ1v) is 5.56. The van der Waals surface area contributed by atoms with Gasteiger partial charge in [0.1, 0.15) is 0 Å². The van der Waals surface area contributed by atoms with E-state index in [2.05, 4.69) is 36.5 Å². The minimum absolute atomic E-state index is 0.101. The van der Waals surface area contributed by atoms with Crippen molar-refractivity contribution in [2.24, 2.45) is 5.41 Å². The lowest BCUT2D eigenvalue weighted by Crippen LogP contribution is -2.29. The molecule has 1 aromatic rings. The molecule has 0 heterocycles. The monoisotopic (exact) mass is 205 g/mol. The number of benzene rings is 1. The molecule has 0 aromatic heterocycles. The molecule has 2 N–H and O–H groups in total. The van der Waals surface area contributed by atoms with Crippen LogP contribution in [-0.2, 0) is 0 Å². The van der Waals surface area contributed by atoms with E-state index in [0.717, 1.165) is 12.8 Å². The second kappa shape index (κ2) is 3.95. The molecule has 2 nitrogen and oxygen atoms in total. The quantitative estimate of drug-likeness (QED) is 0.788. The number of aliphatic hydroxyl groups excluding tert-OH is 1. The number of aliphatic hydroxyl groups is 1. The first-order chi connectivity index (χ1) is 7.22. The van der Waals surface area contributed by atoms with Gasteiger partial charge in [-0.25, -0.2) is 0 Å². The van der Waals surface area contributed by atoms with Crippen molar-refractivity contribution in [1.29, 1.82) is 0 Å². The molecule has 0 spiro atoms. The van der Waals surface area contributed by atoms with Crippen LogP contribution >= 0.6 is 0 Å². The highest BCUT2D eigenvalue weighted by Gasteiger charge is 2.48. The molecule has 1 atom stereocenters. The first kappa shape index (κ1) is 10.7. The lowest BCUT2D eigenvalue weighted by atomic mass is 9.90. The molecule has 1 aliphatic rings. The molecule has 82 valence electrons. The fourth-order valence-electron chi connectivity index (χ4n) is 2.28. The zero-order chi connectivity index (χ0) is 10.9. The van der Waals surface area contributed by atoms with Gasteiger partial charge in [-0.15, -0.1) is 0 Å². The van der Waals surface area contributed by atoms with Gasteiger partial charge in [-0.3, -0.25) is 0 Å². The molecule has 0 bridgehead atoms. The van der Waals surface area contributed by atoms with E-state index in [1.807, 2.05) is 7.05 Å². The lowest BCUT2D eigenvalue weighted by Gasteiger charge is -2.25. The Morgan fingerprint density at radius 1 is 1.33 bits per heavy atom. The number of aryl methyl sites for hydroxylation is 1. The van der Waals surface area contributed by atoms with Gasteiger partial charge in [-0.1, -0.05) is 29.8 Å². The molecule has 0 amide bonds. The van der Waals surface area contributed by atoms with Crippen molar-refractivity contribution in [1.82, 2.24) is 5.32 Å². The van der Waals surface area contributed by atoms with Crippen LogP contribution in [0.25, 0.3) is 0 Å². The van der Waals surface area contributed by atoms with E-state index >= 15 is 0 Å². The summed E-state index contributed by atoms with van der Waals surface area (Å²) in [5, 5.41) is 12.8. The van der Waals surface area contributed by atoms with Crippen LogP contribution < -0.4 is 5.32 Å². The summed E-state index contributed by atoms with van der Waals surface area (Å²) >= 11 is 0. The molecule has 0 radical (unpaired) electrons. The largest absolute Gasteiger partial charge is 0.396 e. The van der Waals surface area contributed by atoms with E-state index in [1.165, 1.54) is 11.1 Å². The Labute approximate surface area is 91.3 Å². The van der Waals surface area contributed by atoms with E-state index in [1.54, 1.807) is 0 Å². The topological polar surface area (TPSA) is 32.3 Å². The third-order valence-corrected chi connectivity index (χ3v) is 3.52. The predicted molar refractivity (Wildman–Crippen MR) is 61.7 cm³/mol. The van der Waals surface area contributed by atoms with Crippen molar-refractivity contribution >= 4 is 0 Å². The Balaban J connectivity index is 2.23. The zero-order valence-electron chi connectivity index (χ0n) is 9.46. The second-order valence-corrected chi connectivity index (χ2v) is 4.65. The van der Waals surface area contributed by atoms with Crippen LogP contribution in [0.4, 0.5) is 0 Å². The summed E-state index contributed by atoms with van der Waals surface area (Å²) in [4.78, 5) is 0. The number of hydrogen-bond donors (Lipinski definition) is 2. The van der Waals surface area contributed by atoms with Crippen LogP contribution in [0.1, 0.15) is 30.0 Å². The van der Waals surface area contributed by atoms with Crippen molar-refractivity contribution in [3.8, 4) is 0 Å². The summed E-state index contributed by atoms with van der Waals surface area (Å²) in [6, 6.07) is 8.88. The molecule has 2 rings (SSSR count). The molecule has 2 heteroatoms. The molecule has 1 saturated carbocycles. The standard InChI is InChI=1S/C13H19NO/c1-10-3-5-11(6-4-10)12(14-2)13(9-15)7-8-13/h3-6,12,14-15H,7-9H2,1-2H3. The van der Waals surface area contributed by atoms with Crippen molar-refractivity contribution in [2.75, 3.05) is 13.7 Å². The van der Waals surface area contributed by atoms with E-state index in [0.29, 0.717) is 6.04 Å². The fraction of sp³-hybridized carbons (Fsp3) is 0.538. The van der Waals surface area contributed by atoms with E-state index < -0.39 is 0 Å². The minimum atomic E-state index is 0.101. The van der Waals surface area contributed by atoms with Gasteiger partial charge in [0, 0.05) is 11.5 Å². The highest BCUT2D eigenvalue weighted by atomic mass is 16.3. The predicted octanol–water partition coefficient (Wildman–Crippen LogP) is 2.03. The minimum Gasteiger partial charge on any atom is -0.396 e. The van der Waals surface area contributed by atoms with Crippen LogP contribution in [0.2, 0.25) is 0 Å². The summed E-state index contributed by atoms with van der Waals surface area (Å²) in [5.74, 6) is 0. The van der Waals surface area contributed by atoms with Gasteiger partial charge in [0.15, 0.2) is 0 Å². The molecule has 1 unspecified atom stereocenters. The Morgan fingerprint density at radius 2 is 1.93 bits per heavy atom. The average Bonchev–Trinajstić information content (AvgIpc) is 3.03. The van der Waals surface area contributed by atoms with Gasteiger partial charge in [-0.05, 0) is 32.4 Å². The average molecular weight is 205 g/mol. The lowest BCUT2D eigenvalue weighted by molar-refractivity contribution is 0.175. The summed E-state index contributed by atoms with van der Waals surface area (Å²) in [7, 11) is 1.97. The maximum absolute atomic E-state index is 9.43. The van der Waals surface area contributed by atoms with Gasteiger partial charge >= 0.3 is 0 Å². The Hall–Kier alpha value is -0.860. The number of rotatable bonds is 4. The van der Waals surface area contributed by atoms with Crippen LogP contribution in [0.3, 0.4) is 0 Å². The molecule has 1 aromatic carbocycles. The van der Waals surface area contributed by atoms with Gasteiger partial charge in [-0.2, -0.15) is 0 Å². The molecule has 15 heavy (non-hydrogen) atoms. The van der Waals surface area contributed by atoms with Gasteiger partial charge in [0.25, 0.3) is 0 Å². The highest BCUT2D eigenvalue weighted by molar-refractivity contribution is 5.27. The van der Waals surface area contributed by atoms with Crippen LogP contribution in [0.5, 0.6) is 0 Å². The van der Waals surface area contributed by atoms with Gasteiger partial charge in [0.2, 0.25) is 0 Å². The van der Waals surface area contributed by atoms with Crippen LogP contribution in [-0.4, -0.2) is 18.8 Å². The summed E-state index contributed by atoms with van der Waals surface area (Å²) < 4.78 is 0. The molecule has 1 aliphatic carbocycles. The third-order valence-electron chi connectivity index (χ3n) is 3.52. The van der Waals surface area contributed by atoms with Crippen LogP contribution in [0.15, 0.2) is 24.3 Å². The van der Waals surface area contributed by atoms with Crippen molar-refractivity contribution in [3.63, 3.8) is 0 Å². The SMILES string of the molecule is CNC(c1ccc(C)cc1)C1(CO)CC1. The smallest absolute Gasteiger partial charge is 0.0505 e. The van der Waals surface area contributed by atoms with Crippen molar-refractivity contribution < 1.29 is 5.11 Å². The number of nitrogens with one attached hydrogen (secondary N) is 1. The Morgan fingerprint density at radius 3 is 2.33 bits per heavy atom. The fourth-order valence-corrected chi connectivity index (χ4v) is 2.28. The summed E-state index contributed by atoms with van der Waals surface area (Å²) in [5.41, 5.74) is 2.67. The maximum atomic E-state index is 9.43. The Bertz CT molecular complexity index is 327. The maximum Gasteiger partial charge on any atom is 0.0505 e. The summed E-state index contributed by atoms with van der Waals surface area (Å²) in [6.07, 6.45) is 2.26. The van der Waals surface area contributed by atoms with E-state index in [-0.39, 0.29) is 12.0 Å². The van der Waals surface area contributed by atoms with E-state index in [9.17, 15) is 5.11 Å². The zero-order valence-corrected chi connectivity index (χ0v) is 9.46. The van der Waals surface area contributed by atoms with Gasteiger partial charge in [0.05, 0.1) is 6.61 Å². The highest BCUT2D eigenvalue weighted by Crippen LogP contribution is 2.54. The van der Waals surface area contributed by atoms with Gasteiger partial charge < -0.3 is 10.4 Å². The second-order valence-electron chi connectivity index (χ2n) is 4.65. The van der Waals surface area contributed by atoms with Crippen LogP contribution in [0, 0.1) is 12.3 Å². The normalized spacial score (nSPS) is 19.9. The van der Waals surface area contributed by atoms with Crippen molar-refractivity contribution in [3.05, 3.63) is 35.4 Å². The van der Waals surface area contributed by atoms with E-state index in [4.69, 9.17) is 0 Å². The molecule has 0 aliphatic heterocycles. The molecular weight excluding hydrogens is 186 g/mol. The first-order valence-electron chi connectivity index (χ1n) is 5.56. The molecular formula is C13H19NO. The number of hydrogen-bond acceptors (Lipinski definition) is 2. The third kappa shape index (κ3) is 1.92.